The van der Waals surface area contributed by atoms with E-state index < -0.39 is 0 Å². The average Bonchev–Trinajstić information content (AvgIpc) is 3.14. The molecule has 0 aliphatic carbocycles. The van der Waals surface area contributed by atoms with Crippen molar-refractivity contribution < 1.29 is 13.9 Å². The lowest BCUT2D eigenvalue weighted by molar-refractivity contribution is 0.101. The van der Waals surface area contributed by atoms with Crippen LogP contribution in [0.15, 0.2) is 71.5 Å². The number of fused-ring (bicyclic) bond motifs is 1. The van der Waals surface area contributed by atoms with Crippen LogP contribution in [0, 0.1) is 6.92 Å². The summed E-state index contributed by atoms with van der Waals surface area (Å²) in [4.78, 5) is 21.0. The summed E-state index contributed by atoms with van der Waals surface area (Å²) in [6.45, 7) is 4.06. The Bertz CT molecular complexity index is 1120. The second-order valence-electron chi connectivity index (χ2n) is 6.97. The fraction of sp³-hybridized carbons (Fsp3) is 0.208. The van der Waals surface area contributed by atoms with E-state index in [9.17, 15) is 4.79 Å². The molecule has 0 amide bonds. The van der Waals surface area contributed by atoms with Crippen LogP contribution < -0.4 is 10.1 Å². The lowest BCUT2D eigenvalue weighted by atomic mass is 10.1. The van der Waals surface area contributed by atoms with Crippen LogP contribution in [0.4, 0.5) is 0 Å². The van der Waals surface area contributed by atoms with E-state index >= 15 is 0 Å². The predicted molar refractivity (Wildman–Crippen MR) is 115 cm³/mol. The highest BCUT2D eigenvalue weighted by Gasteiger charge is 2.22. The minimum absolute atomic E-state index is 0.227. The van der Waals surface area contributed by atoms with Crippen molar-refractivity contribution in [2.45, 2.75) is 19.9 Å². The zero-order valence-electron chi connectivity index (χ0n) is 16.8. The third-order valence-electron chi connectivity index (χ3n) is 4.83. The molecule has 0 unspecified atom stereocenters. The smallest absolute Gasteiger partial charge is 0.246 e. The molecule has 3 heterocycles. The highest BCUT2D eigenvalue weighted by molar-refractivity contribution is 6.10. The van der Waals surface area contributed by atoms with Gasteiger partial charge in [0.1, 0.15) is 17.0 Å². The summed E-state index contributed by atoms with van der Waals surface area (Å²) in [5, 5.41) is 4.22. The third-order valence-corrected chi connectivity index (χ3v) is 4.83. The van der Waals surface area contributed by atoms with E-state index in [4.69, 9.17) is 9.15 Å². The summed E-state index contributed by atoms with van der Waals surface area (Å²) in [5.74, 6) is 0.800. The van der Waals surface area contributed by atoms with Gasteiger partial charge in [-0.1, -0.05) is 18.2 Å². The van der Waals surface area contributed by atoms with Crippen molar-refractivity contribution in [2.24, 2.45) is 0 Å². The Morgan fingerprint density at radius 1 is 1.10 bits per heavy atom. The number of carbonyl (C=O) groups excluding carboxylic acids is 1. The largest absolute Gasteiger partial charge is 0.493 e. The van der Waals surface area contributed by atoms with Crippen molar-refractivity contribution in [2.75, 3.05) is 13.2 Å². The van der Waals surface area contributed by atoms with Crippen LogP contribution in [0.25, 0.3) is 11.0 Å². The Kier molecular flexibility index (Phi) is 6.15. The Morgan fingerprint density at radius 2 is 2.03 bits per heavy atom. The van der Waals surface area contributed by atoms with E-state index in [1.165, 1.54) is 0 Å². The van der Waals surface area contributed by atoms with Gasteiger partial charge >= 0.3 is 0 Å². The molecule has 0 aliphatic heterocycles. The number of benzene rings is 1. The molecule has 0 radical (unpaired) electrons. The zero-order chi connectivity index (χ0) is 20.8. The fourth-order valence-electron chi connectivity index (χ4n) is 3.33. The number of ether oxygens (including phenoxy) is 1. The van der Waals surface area contributed by atoms with E-state index in [1.54, 1.807) is 30.6 Å². The molecule has 0 atom stereocenters. The van der Waals surface area contributed by atoms with Crippen LogP contribution in [0.3, 0.4) is 0 Å². The van der Waals surface area contributed by atoms with Crippen LogP contribution in [0.2, 0.25) is 0 Å². The minimum Gasteiger partial charge on any atom is -0.493 e. The number of rotatable bonds is 9. The number of nitrogens with zero attached hydrogens (tertiary/aromatic N) is 2. The first-order chi connectivity index (χ1) is 14.7. The van der Waals surface area contributed by atoms with Gasteiger partial charge in [0, 0.05) is 30.7 Å². The molecule has 4 rings (SSSR count). The van der Waals surface area contributed by atoms with Crippen molar-refractivity contribution in [1.82, 2.24) is 15.3 Å². The van der Waals surface area contributed by atoms with Crippen molar-refractivity contribution in [3.05, 3.63) is 89.7 Å². The minimum atomic E-state index is -0.227. The van der Waals surface area contributed by atoms with Crippen molar-refractivity contribution in [3.63, 3.8) is 0 Å². The van der Waals surface area contributed by atoms with Crippen LogP contribution in [-0.2, 0) is 6.54 Å². The van der Waals surface area contributed by atoms with E-state index in [0.717, 1.165) is 41.8 Å². The highest BCUT2D eigenvalue weighted by atomic mass is 16.5. The first-order valence-electron chi connectivity index (χ1n) is 9.94. The number of nitrogens with one attached hydrogen (secondary N) is 1. The number of aryl methyl sites for hydroxylation is 1. The maximum absolute atomic E-state index is 12.8. The van der Waals surface area contributed by atoms with E-state index in [-0.39, 0.29) is 5.78 Å². The van der Waals surface area contributed by atoms with Gasteiger partial charge in [0.15, 0.2) is 5.76 Å². The summed E-state index contributed by atoms with van der Waals surface area (Å²) in [6.07, 6.45) is 6.08. The summed E-state index contributed by atoms with van der Waals surface area (Å²) >= 11 is 0. The van der Waals surface area contributed by atoms with Gasteiger partial charge in [0.2, 0.25) is 5.78 Å². The second-order valence-corrected chi connectivity index (χ2v) is 6.97. The molecule has 0 saturated carbocycles. The molecular weight excluding hydrogens is 378 g/mol. The van der Waals surface area contributed by atoms with Gasteiger partial charge in [0.25, 0.3) is 0 Å². The molecule has 1 aromatic carbocycles. The topological polar surface area (TPSA) is 77.2 Å². The molecular formula is C24H23N3O3. The number of hydrogen-bond donors (Lipinski definition) is 1. The third kappa shape index (κ3) is 4.39. The zero-order valence-corrected chi connectivity index (χ0v) is 16.8. The van der Waals surface area contributed by atoms with Gasteiger partial charge in [-0.15, -0.1) is 0 Å². The monoisotopic (exact) mass is 401 g/mol. The summed E-state index contributed by atoms with van der Waals surface area (Å²) in [5.41, 5.74) is 2.93. The first-order valence-corrected chi connectivity index (χ1v) is 9.94. The Balaban J connectivity index is 1.40. The number of carbonyl (C=O) groups is 1. The van der Waals surface area contributed by atoms with Crippen LogP contribution in [0.1, 0.15) is 33.8 Å². The predicted octanol–water partition coefficient (Wildman–Crippen LogP) is 4.32. The Hall–Kier alpha value is -3.51. The maximum Gasteiger partial charge on any atom is 0.246 e. The summed E-state index contributed by atoms with van der Waals surface area (Å²) in [7, 11) is 0. The molecule has 0 bridgehead atoms. The number of pyridine rings is 2. The number of ketones is 1. The van der Waals surface area contributed by atoms with Gasteiger partial charge in [-0.3, -0.25) is 14.8 Å². The van der Waals surface area contributed by atoms with Crippen LogP contribution in [-0.4, -0.2) is 28.9 Å². The average molecular weight is 401 g/mol. The Labute approximate surface area is 174 Å². The molecule has 0 aliphatic rings. The Morgan fingerprint density at radius 3 is 2.83 bits per heavy atom. The highest BCUT2D eigenvalue weighted by Crippen LogP contribution is 2.34. The molecule has 152 valence electrons. The van der Waals surface area contributed by atoms with Crippen molar-refractivity contribution >= 4 is 16.8 Å². The van der Waals surface area contributed by atoms with Gasteiger partial charge in [-0.2, -0.15) is 0 Å². The van der Waals surface area contributed by atoms with E-state index in [2.05, 4.69) is 15.3 Å². The van der Waals surface area contributed by atoms with Crippen LogP contribution >= 0.6 is 0 Å². The molecule has 6 nitrogen and oxygen atoms in total. The molecule has 0 saturated heterocycles. The SMILES string of the molecule is Cc1c(C(=O)c2ccccn2)oc2cccc(OCCCNCc3cccnc3)c12. The summed E-state index contributed by atoms with van der Waals surface area (Å²) in [6, 6.07) is 14.8. The molecule has 4 aromatic rings. The summed E-state index contributed by atoms with van der Waals surface area (Å²) < 4.78 is 11.9. The molecule has 6 heteroatoms. The van der Waals surface area contributed by atoms with Gasteiger partial charge < -0.3 is 14.5 Å². The first kappa shape index (κ1) is 19.8. The van der Waals surface area contributed by atoms with Crippen molar-refractivity contribution in [1.29, 1.82) is 0 Å². The van der Waals surface area contributed by atoms with E-state index in [0.29, 0.717) is 23.6 Å². The normalized spacial score (nSPS) is 11.0. The quantitative estimate of drug-likeness (QED) is 0.332. The molecule has 30 heavy (non-hydrogen) atoms. The molecule has 0 spiro atoms. The number of aromatic nitrogens is 2. The van der Waals surface area contributed by atoms with Gasteiger partial charge in [0.05, 0.1) is 12.0 Å². The maximum atomic E-state index is 12.8. The van der Waals surface area contributed by atoms with Gasteiger partial charge in [-0.05, 0) is 55.8 Å². The standard InChI is InChI=1S/C24H23N3O3/c1-17-22-20(29-14-6-12-26-16-18-7-5-11-25-15-18)9-4-10-21(22)30-24(17)23(28)19-8-2-3-13-27-19/h2-5,7-11,13,15,26H,6,12,14,16H2,1H3. The molecule has 3 aromatic heterocycles. The molecule has 1 N–H and O–H groups in total. The van der Waals surface area contributed by atoms with Crippen molar-refractivity contribution in [3.8, 4) is 5.75 Å². The molecule has 0 fully saturated rings. The fourth-order valence-corrected chi connectivity index (χ4v) is 3.33. The second kappa shape index (κ2) is 9.33. The lowest BCUT2D eigenvalue weighted by Crippen LogP contribution is -2.17. The van der Waals surface area contributed by atoms with Crippen LogP contribution in [0.5, 0.6) is 5.75 Å². The lowest BCUT2D eigenvalue weighted by Gasteiger charge is -2.08. The number of furan rings is 1. The van der Waals surface area contributed by atoms with E-state index in [1.807, 2.05) is 43.5 Å². The number of hydrogen-bond acceptors (Lipinski definition) is 6. The van der Waals surface area contributed by atoms with Gasteiger partial charge in [-0.25, -0.2) is 0 Å².